The second-order valence-corrected chi connectivity index (χ2v) is 7.62. The predicted molar refractivity (Wildman–Crippen MR) is 106 cm³/mol. The quantitative estimate of drug-likeness (QED) is 0.704. The molecule has 26 heavy (non-hydrogen) atoms. The lowest BCUT2D eigenvalue weighted by molar-refractivity contribution is -0.125. The lowest BCUT2D eigenvalue weighted by Gasteiger charge is -2.15. The van der Waals surface area contributed by atoms with Crippen LogP contribution < -0.4 is 9.47 Å². The third kappa shape index (κ3) is 4.10. The predicted octanol–water partition coefficient (Wildman–Crippen LogP) is 4.45. The summed E-state index contributed by atoms with van der Waals surface area (Å²) in [4.78, 5) is 15.4. The number of aryl methyl sites for hydroxylation is 1. The van der Waals surface area contributed by atoms with Crippen LogP contribution in [0.5, 0.6) is 11.5 Å². The molecule has 138 valence electrons. The minimum absolute atomic E-state index is 0.0324. The smallest absolute Gasteiger partial charge is 0.246 e. The molecule has 1 aliphatic heterocycles. The molecule has 0 bridgehead atoms. The van der Waals surface area contributed by atoms with Gasteiger partial charge in [-0.1, -0.05) is 0 Å². The summed E-state index contributed by atoms with van der Waals surface area (Å²) >= 11 is 1.68. The van der Waals surface area contributed by atoms with Gasteiger partial charge in [-0.2, -0.15) is 0 Å². The number of likely N-dealkylation sites (N-methyl/N-ethyl adjacent to an activating group) is 1. The maximum absolute atomic E-state index is 12.5. The summed E-state index contributed by atoms with van der Waals surface area (Å²) in [6.45, 7) is 7.29. The zero-order valence-electron chi connectivity index (χ0n) is 15.7. The Hall–Kier alpha value is -2.27. The molecular weight excluding hydrogens is 346 g/mol. The molecule has 5 heteroatoms. The first kappa shape index (κ1) is 18.5. The number of thiophene rings is 1. The van der Waals surface area contributed by atoms with E-state index in [9.17, 15) is 4.79 Å². The number of fused-ring (bicyclic) bond motifs is 1. The molecular formula is C21H25NO3S. The fraction of sp³-hybridized carbons (Fsp3) is 0.381. The maximum atomic E-state index is 12.5. The molecule has 0 radical (unpaired) electrons. The molecule has 1 amide bonds. The molecule has 4 nitrogen and oxygen atoms in total. The molecule has 1 aromatic heterocycles. The Balaban J connectivity index is 1.75. The molecule has 1 unspecified atom stereocenters. The fourth-order valence-corrected chi connectivity index (χ4v) is 3.97. The highest BCUT2D eigenvalue weighted by Gasteiger charge is 2.21. The molecule has 3 rings (SSSR count). The van der Waals surface area contributed by atoms with Crippen molar-refractivity contribution in [2.75, 3.05) is 13.7 Å². The first-order chi connectivity index (χ1) is 12.5. The summed E-state index contributed by atoms with van der Waals surface area (Å²) < 4.78 is 11.6. The second-order valence-electron chi connectivity index (χ2n) is 6.62. The van der Waals surface area contributed by atoms with E-state index in [1.54, 1.807) is 22.3 Å². The van der Waals surface area contributed by atoms with Gasteiger partial charge in [-0.3, -0.25) is 4.79 Å². The second kappa shape index (κ2) is 7.96. The van der Waals surface area contributed by atoms with Crippen molar-refractivity contribution < 1.29 is 14.3 Å². The van der Waals surface area contributed by atoms with Crippen LogP contribution in [0.2, 0.25) is 0 Å². The van der Waals surface area contributed by atoms with Gasteiger partial charge in [0.2, 0.25) is 5.91 Å². The van der Waals surface area contributed by atoms with Crippen LogP contribution in [0, 0.1) is 6.92 Å². The lowest BCUT2D eigenvalue weighted by Crippen LogP contribution is -2.23. The van der Waals surface area contributed by atoms with Gasteiger partial charge < -0.3 is 14.4 Å². The molecule has 0 aliphatic carbocycles. The zero-order valence-corrected chi connectivity index (χ0v) is 16.6. The summed E-state index contributed by atoms with van der Waals surface area (Å²) in [6.07, 6.45) is 4.49. The van der Waals surface area contributed by atoms with Crippen molar-refractivity contribution in [3.05, 3.63) is 51.2 Å². The molecule has 0 saturated heterocycles. The molecule has 0 saturated carbocycles. The number of carbonyl (C=O) groups is 1. The molecule has 1 aromatic carbocycles. The third-order valence-electron chi connectivity index (χ3n) is 4.46. The van der Waals surface area contributed by atoms with E-state index >= 15 is 0 Å². The van der Waals surface area contributed by atoms with Crippen LogP contribution in [-0.2, 0) is 17.8 Å². The van der Waals surface area contributed by atoms with Crippen molar-refractivity contribution in [3.8, 4) is 11.5 Å². The molecule has 0 spiro atoms. The van der Waals surface area contributed by atoms with Gasteiger partial charge in [0.05, 0.1) is 13.2 Å². The van der Waals surface area contributed by atoms with E-state index in [4.69, 9.17) is 9.47 Å². The Labute approximate surface area is 159 Å². The van der Waals surface area contributed by atoms with Crippen LogP contribution >= 0.6 is 11.3 Å². The van der Waals surface area contributed by atoms with Gasteiger partial charge in [0.25, 0.3) is 0 Å². The number of hydrogen-bond acceptors (Lipinski definition) is 4. The first-order valence-electron chi connectivity index (χ1n) is 8.90. The SMILES string of the molecule is CCOc1cc2c(cc1/C=C/C(=O)N(C)Cc1sccc1C)OC(C)C2. The van der Waals surface area contributed by atoms with Gasteiger partial charge in [0.15, 0.2) is 0 Å². The number of rotatable bonds is 6. The van der Waals surface area contributed by atoms with Gasteiger partial charge in [-0.15, -0.1) is 11.3 Å². The highest BCUT2D eigenvalue weighted by Crippen LogP contribution is 2.35. The summed E-state index contributed by atoms with van der Waals surface area (Å²) in [7, 11) is 1.82. The topological polar surface area (TPSA) is 38.8 Å². The molecule has 0 fully saturated rings. The Morgan fingerprint density at radius 3 is 2.96 bits per heavy atom. The van der Waals surface area contributed by atoms with Gasteiger partial charge in [0.1, 0.15) is 17.6 Å². The summed E-state index contributed by atoms with van der Waals surface area (Å²) in [5, 5.41) is 2.05. The zero-order chi connectivity index (χ0) is 18.7. The number of ether oxygens (including phenoxy) is 2. The van der Waals surface area contributed by atoms with Crippen LogP contribution in [0.15, 0.2) is 29.7 Å². The minimum Gasteiger partial charge on any atom is -0.493 e. The highest BCUT2D eigenvalue weighted by atomic mass is 32.1. The van der Waals surface area contributed by atoms with E-state index in [1.807, 2.05) is 32.2 Å². The van der Waals surface area contributed by atoms with Crippen molar-refractivity contribution in [2.45, 2.75) is 39.8 Å². The Morgan fingerprint density at radius 1 is 1.46 bits per heavy atom. The summed E-state index contributed by atoms with van der Waals surface area (Å²) in [6, 6.07) is 6.08. The van der Waals surface area contributed by atoms with Crippen LogP contribution in [0.3, 0.4) is 0 Å². The van der Waals surface area contributed by atoms with Gasteiger partial charge >= 0.3 is 0 Å². The molecule has 1 aliphatic rings. The Bertz CT molecular complexity index is 825. The average molecular weight is 372 g/mol. The number of amides is 1. The van der Waals surface area contributed by atoms with Gasteiger partial charge in [-0.05, 0) is 56.0 Å². The standard InChI is InChI=1S/C21H25NO3S/c1-5-24-18-12-17-10-15(3)25-19(17)11-16(18)6-7-21(23)22(4)13-20-14(2)8-9-26-20/h6-9,11-12,15H,5,10,13H2,1-4H3/b7-6+. The average Bonchev–Trinajstić information content (AvgIpc) is 3.17. The number of benzene rings is 1. The van der Waals surface area contributed by atoms with E-state index in [0.29, 0.717) is 13.2 Å². The molecule has 1 atom stereocenters. The number of carbonyl (C=O) groups excluding carboxylic acids is 1. The van der Waals surface area contributed by atoms with Crippen molar-refractivity contribution in [2.24, 2.45) is 0 Å². The Morgan fingerprint density at radius 2 is 2.27 bits per heavy atom. The molecule has 2 heterocycles. The first-order valence-corrected chi connectivity index (χ1v) is 9.78. The van der Waals surface area contributed by atoms with Crippen LogP contribution in [0.4, 0.5) is 0 Å². The van der Waals surface area contributed by atoms with Crippen LogP contribution in [-0.4, -0.2) is 30.6 Å². The van der Waals surface area contributed by atoms with E-state index in [1.165, 1.54) is 10.4 Å². The molecule has 2 aromatic rings. The summed E-state index contributed by atoms with van der Waals surface area (Å²) in [5.74, 6) is 1.65. The van der Waals surface area contributed by atoms with E-state index in [-0.39, 0.29) is 12.0 Å². The lowest BCUT2D eigenvalue weighted by atomic mass is 10.1. The van der Waals surface area contributed by atoms with Crippen molar-refractivity contribution >= 4 is 23.3 Å². The van der Waals surface area contributed by atoms with Gasteiger partial charge in [0, 0.05) is 35.5 Å². The molecule has 0 N–H and O–H groups in total. The van der Waals surface area contributed by atoms with E-state index in [0.717, 1.165) is 29.0 Å². The number of hydrogen-bond donors (Lipinski definition) is 0. The largest absolute Gasteiger partial charge is 0.493 e. The fourth-order valence-electron chi connectivity index (χ4n) is 3.01. The minimum atomic E-state index is -0.0324. The van der Waals surface area contributed by atoms with Crippen molar-refractivity contribution in [3.63, 3.8) is 0 Å². The monoisotopic (exact) mass is 371 g/mol. The maximum Gasteiger partial charge on any atom is 0.246 e. The van der Waals surface area contributed by atoms with Gasteiger partial charge in [-0.25, -0.2) is 0 Å². The van der Waals surface area contributed by atoms with E-state index in [2.05, 4.69) is 25.3 Å². The third-order valence-corrected chi connectivity index (χ3v) is 5.47. The Kier molecular flexibility index (Phi) is 5.67. The highest BCUT2D eigenvalue weighted by molar-refractivity contribution is 7.10. The van der Waals surface area contributed by atoms with E-state index < -0.39 is 0 Å². The summed E-state index contributed by atoms with van der Waals surface area (Å²) in [5.41, 5.74) is 3.26. The number of nitrogens with zero attached hydrogens (tertiary/aromatic N) is 1. The normalized spacial score (nSPS) is 15.8. The van der Waals surface area contributed by atoms with Crippen LogP contribution in [0.1, 0.15) is 35.4 Å². The van der Waals surface area contributed by atoms with Crippen molar-refractivity contribution in [1.82, 2.24) is 4.90 Å². The van der Waals surface area contributed by atoms with Crippen molar-refractivity contribution in [1.29, 1.82) is 0 Å². The van der Waals surface area contributed by atoms with Crippen LogP contribution in [0.25, 0.3) is 6.08 Å².